The molecule has 0 aliphatic rings. The molecule has 0 amide bonds. The van der Waals surface area contributed by atoms with E-state index in [1.165, 1.54) is 0 Å². The van der Waals surface area contributed by atoms with Gasteiger partial charge in [0.05, 0.1) is 10.6 Å². The predicted octanol–water partition coefficient (Wildman–Crippen LogP) is 3.60. The molecule has 0 aliphatic carbocycles. The lowest BCUT2D eigenvalue weighted by Crippen LogP contribution is -2.16. The highest BCUT2D eigenvalue weighted by Crippen LogP contribution is 2.26. The van der Waals surface area contributed by atoms with Crippen molar-refractivity contribution in [3.8, 4) is 11.5 Å². The first-order chi connectivity index (χ1) is 10.1. The number of nitrogens with zero attached hydrogens (tertiary/aromatic N) is 2. The Balaban J connectivity index is 2.01. The van der Waals surface area contributed by atoms with Crippen LogP contribution in [-0.2, 0) is 6.42 Å². The lowest BCUT2D eigenvalue weighted by atomic mass is 10.2. The van der Waals surface area contributed by atoms with Gasteiger partial charge in [-0.3, -0.25) is 0 Å². The molecule has 0 spiro atoms. The molecular formula is C14H16ClF2N3O. The Bertz CT molecular complexity index is 604. The summed E-state index contributed by atoms with van der Waals surface area (Å²) in [6, 6.07) is 1.85. The van der Waals surface area contributed by atoms with Crippen LogP contribution in [0, 0.1) is 11.6 Å². The number of hydrogen-bond acceptors (Lipinski definition) is 4. The maximum Gasteiger partial charge on any atom is 0.250 e. The molecule has 1 aromatic heterocycles. The second-order valence-electron chi connectivity index (χ2n) is 4.60. The Morgan fingerprint density at radius 1 is 1.19 bits per heavy atom. The summed E-state index contributed by atoms with van der Waals surface area (Å²) in [5.74, 6) is -1.06. The van der Waals surface area contributed by atoms with Crippen LogP contribution < -0.4 is 5.32 Å². The average Bonchev–Trinajstić information content (AvgIpc) is 2.91. The smallest absolute Gasteiger partial charge is 0.250 e. The highest BCUT2D eigenvalue weighted by atomic mass is 35.5. The molecule has 1 aromatic carbocycles. The van der Waals surface area contributed by atoms with Gasteiger partial charge in [0.2, 0.25) is 5.89 Å². The number of aryl methyl sites for hydroxylation is 1. The number of hydrogen-bond donors (Lipinski definition) is 1. The first kappa shape index (κ1) is 15.9. The zero-order chi connectivity index (χ0) is 15.2. The van der Waals surface area contributed by atoms with Crippen LogP contribution in [0.2, 0.25) is 5.02 Å². The van der Waals surface area contributed by atoms with E-state index in [9.17, 15) is 8.78 Å². The van der Waals surface area contributed by atoms with E-state index in [-0.39, 0.29) is 16.5 Å². The highest BCUT2D eigenvalue weighted by Gasteiger charge is 2.16. The van der Waals surface area contributed by atoms with E-state index in [0.717, 1.165) is 38.1 Å². The Morgan fingerprint density at radius 2 is 2.00 bits per heavy atom. The van der Waals surface area contributed by atoms with Crippen LogP contribution in [0.5, 0.6) is 0 Å². The van der Waals surface area contributed by atoms with Crippen molar-refractivity contribution in [3.63, 3.8) is 0 Å². The molecular weight excluding hydrogens is 300 g/mol. The fraction of sp³-hybridized carbons (Fsp3) is 0.429. The second-order valence-corrected chi connectivity index (χ2v) is 5.01. The molecule has 7 heteroatoms. The zero-order valence-corrected chi connectivity index (χ0v) is 12.4. The van der Waals surface area contributed by atoms with Crippen molar-refractivity contribution in [3.05, 3.63) is 34.7 Å². The molecule has 4 nitrogen and oxygen atoms in total. The maximum absolute atomic E-state index is 13.7. The van der Waals surface area contributed by atoms with Crippen molar-refractivity contribution in [2.45, 2.75) is 26.2 Å². The van der Waals surface area contributed by atoms with E-state index in [2.05, 4.69) is 22.4 Å². The van der Waals surface area contributed by atoms with Crippen molar-refractivity contribution in [1.82, 2.24) is 15.5 Å². The van der Waals surface area contributed by atoms with Crippen LogP contribution in [0.1, 0.15) is 25.7 Å². The summed E-state index contributed by atoms with van der Waals surface area (Å²) in [4.78, 5) is 0. The second kappa shape index (κ2) is 7.47. The zero-order valence-electron chi connectivity index (χ0n) is 11.6. The van der Waals surface area contributed by atoms with Crippen molar-refractivity contribution in [1.29, 1.82) is 0 Å². The molecule has 0 bridgehead atoms. The fourth-order valence-electron chi connectivity index (χ4n) is 1.82. The van der Waals surface area contributed by atoms with Gasteiger partial charge < -0.3 is 9.73 Å². The molecule has 2 aromatic rings. The van der Waals surface area contributed by atoms with E-state index < -0.39 is 11.6 Å². The lowest BCUT2D eigenvalue weighted by Gasteiger charge is -2.01. The van der Waals surface area contributed by atoms with E-state index >= 15 is 0 Å². The van der Waals surface area contributed by atoms with Crippen molar-refractivity contribution < 1.29 is 13.2 Å². The minimum atomic E-state index is -0.725. The molecule has 21 heavy (non-hydrogen) atoms. The van der Waals surface area contributed by atoms with Gasteiger partial charge in [-0.05, 0) is 38.1 Å². The van der Waals surface area contributed by atoms with Gasteiger partial charge in [0, 0.05) is 6.42 Å². The van der Waals surface area contributed by atoms with Crippen LogP contribution in [0.15, 0.2) is 16.5 Å². The molecule has 0 saturated carbocycles. The summed E-state index contributed by atoms with van der Waals surface area (Å²) in [7, 11) is 0. The quantitative estimate of drug-likeness (QED) is 0.626. The van der Waals surface area contributed by atoms with E-state index in [0.29, 0.717) is 12.3 Å². The fourth-order valence-corrected chi connectivity index (χ4v) is 1.97. The first-order valence-electron chi connectivity index (χ1n) is 6.79. The van der Waals surface area contributed by atoms with Crippen molar-refractivity contribution >= 4 is 11.6 Å². The molecule has 2 rings (SSSR count). The minimum absolute atomic E-state index is 0.0421. The number of nitrogens with one attached hydrogen (secondary N) is 1. The minimum Gasteiger partial charge on any atom is -0.421 e. The summed E-state index contributed by atoms with van der Waals surface area (Å²) in [6.45, 7) is 3.90. The van der Waals surface area contributed by atoms with Gasteiger partial charge in [0.15, 0.2) is 0 Å². The van der Waals surface area contributed by atoms with Crippen molar-refractivity contribution in [2.75, 3.05) is 13.1 Å². The monoisotopic (exact) mass is 315 g/mol. The number of halogens is 3. The average molecular weight is 316 g/mol. The van der Waals surface area contributed by atoms with Gasteiger partial charge in [0.25, 0.3) is 5.89 Å². The molecule has 0 aliphatic heterocycles. The Kier molecular flexibility index (Phi) is 5.64. The molecule has 0 unspecified atom stereocenters. The van der Waals surface area contributed by atoms with Crippen LogP contribution in [0.3, 0.4) is 0 Å². The number of aromatic nitrogens is 2. The third kappa shape index (κ3) is 4.22. The van der Waals surface area contributed by atoms with Crippen LogP contribution in [0.25, 0.3) is 11.5 Å². The van der Waals surface area contributed by atoms with Gasteiger partial charge in [0.1, 0.15) is 11.6 Å². The molecule has 0 fully saturated rings. The van der Waals surface area contributed by atoms with Crippen LogP contribution in [-0.4, -0.2) is 23.3 Å². The summed E-state index contributed by atoms with van der Waals surface area (Å²) >= 11 is 5.50. The summed E-state index contributed by atoms with van der Waals surface area (Å²) in [5, 5.41) is 10.6. The molecule has 114 valence electrons. The maximum atomic E-state index is 13.7. The Hall–Kier alpha value is -1.53. The van der Waals surface area contributed by atoms with E-state index in [1.54, 1.807) is 0 Å². The topological polar surface area (TPSA) is 51.0 Å². The molecule has 0 atom stereocenters. The predicted molar refractivity (Wildman–Crippen MR) is 76.1 cm³/mol. The van der Waals surface area contributed by atoms with Crippen LogP contribution >= 0.6 is 11.6 Å². The molecule has 1 N–H and O–H groups in total. The number of benzene rings is 1. The van der Waals surface area contributed by atoms with Gasteiger partial charge >= 0.3 is 0 Å². The lowest BCUT2D eigenvalue weighted by molar-refractivity contribution is 0.487. The molecule has 1 heterocycles. The summed E-state index contributed by atoms with van der Waals surface area (Å²) in [6.07, 6.45) is 2.49. The molecule has 0 radical (unpaired) electrons. The Morgan fingerprint density at radius 3 is 2.76 bits per heavy atom. The van der Waals surface area contributed by atoms with Gasteiger partial charge in [-0.25, -0.2) is 8.78 Å². The Labute approximate surface area is 126 Å². The third-order valence-corrected chi connectivity index (χ3v) is 3.17. The van der Waals surface area contributed by atoms with Crippen molar-refractivity contribution in [2.24, 2.45) is 0 Å². The highest BCUT2D eigenvalue weighted by molar-refractivity contribution is 6.30. The first-order valence-corrected chi connectivity index (χ1v) is 7.17. The summed E-state index contributed by atoms with van der Waals surface area (Å²) in [5.41, 5.74) is -0.0836. The van der Waals surface area contributed by atoms with Gasteiger partial charge in [-0.1, -0.05) is 18.5 Å². The van der Waals surface area contributed by atoms with E-state index in [1.807, 2.05) is 0 Å². The standard InChI is InChI=1S/C14H16ClF2N3O/c1-2-5-18-6-3-4-13-19-20-14(21-13)9-7-12(17)10(15)8-11(9)16/h7-8,18H,2-6H2,1H3. The molecule has 0 saturated heterocycles. The summed E-state index contributed by atoms with van der Waals surface area (Å²) < 4.78 is 32.5. The largest absolute Gasteiger partial charge is 0.421 e. The SMILES string of the molecule is CCCNCCCc1nnc(-c2cc(F)c(Cl)cc2F)o1. The van der Waals surface area contributed by atoms with Crippen LogP contribution in [0.4, 0.5) is 8.78 Å². The van der Waals surface area contributed by atoms with Gasteiger partial charge in [-0.2, -0.15) is 0 Å². The third-order valence-electron chi connectivity index (χ3n) is 2.88. The number of rotatable bonds is 7. The van der Waals surface area contributed by atoms with Gasteiger partial charge in [-0.15, -0.1) is 10.2 Å². The normalized spacial score (nSPS) is 11.0. The van der Waals surface area contributed by atoms with E-state index in [4.69, 9.17) is 16.0 Å².